The minimum absolute atomic E-state index is 0.0849. The van der Waals surface area contributed by atoms with E-state index in [0.717, 1.165) is 17.0 Å². The molecule has 0 amide bonds. The first-order valence-corrected chi connectivity index (χ1v) is 6.28. The molecule has 5 nitrogen and oxygen atoms in total. The highest BCUT2D eigenvalue weighted by molar-refractivity contribution is 7.13. The number of hydrogen-bond donors (Lipinski definition) is 2. The first-order chi connectivity index (χ1) is 8.72. The van der Waals surface area contributed by atoms with Gasteiger partial charge in [-0.1, -0.05) is 29.0 Å². The van der Waals surface area contributed by atoms with Crippen LogP contribution in [0, 0.1) is 0 Å². The highest BCUT2D eigenvalue weighted by Crippen LogP contribution is 2.21. The zero-order valence-electron chi connectivity index (χ0n) is 8.98. The molecule has 3 rings (SSSR count). The van der Waals surface area contributed by atoms with E-state index in [-0.39, 0.29) is 4.74 Å². The fourth-order valence-corrected chi connectivity index (χ4v) is 2.46. The lowest BCUT2D eigenvalue weighted by Gasteiger charge is -2.04. The van der Waals surface area contributed by atoms with Crippen molar-refractivity contribution in [2.24, 2.45) is 0 Å². The van der Waals surface area contributed by atoms with Gasteiger partial charge in [-0.05, 0) is 18.2 Å². The number of aromatic nitrogens is 3. The molecule has 0 aliphatic rings. The van der Waals surface area contributed by atoms with Crippen LogP contribution < -0.4 is 10.1 Å². The average molecular weight is 279 g/mol. The Bertz CT molecular complexity index is 767. The van der Waals surface area contributed by atoms with E-state index in [0.29, 0.717) is 21.2 Å². The standard InChI is InChI=1S/C11H7ClN4OS/c12-6-2-1-3-7(4-6)14-11-15-9-8(5-13-16-9)10(17)18-11/h1-5H,(H2,13,14,15,16). The van der Waals surface area contributed by atoms with Crippen LogP contribution in [0.3, 0.4) is 0 Å². The van der Waals surface area contributed by atoms with Crippen LogP contribution >= 0.6 is 22.9 Å². The van der Waals surface area contributed by atoms with Crippen LogP contribution in [-0.2, 0) is 0 Å². The van der Waals surface area contributed by atoms with Crippen LogP contribution in [0.4, 0.5) is 10.8 Å². The van der Waals surface area contributed by atoms with Gasteiger partial charge < -0.3 is 5.32 Å². The zero-order valence-corrected chi connectivity index (χ0v) is 10.5. The van der Waals surface area contributed by atoms with Crippen molar-refractivity contribution in [3.05, 3.63) is 45.0 Å². The van der Waals surface area contributed by atoms with Gasteiger partial charge in [0.2, 0.25) is 4.74 Å². The first-order valence-electron chi connectivity index (χ1n) is 5.09. The van der Waals surface area contributed by atoms with Gasteiger partial charge in [0.1, 0.15) is 0 Å². The van der Waals surface area contributed by atoms with Crippen LogP contribution in [0.5, 0.6) is 0 Å². The fourth-order valence-electron chi connectivity index (χ4n) is 1.52. The van der Waals surface area contributed by atoms with Gasteiger partial charge in [0.15, 0.2) is 10.8 Å². The summed E-state index contributed by atoms with van der Waals surface area (Å²) in [4.78, 5) is 16.0. The van der Waals surface area contributed by atoms with Crippen molar-refractivity contribution in [2.45, 2.75) is 0 Å². The van der Waals surface area contributed by atoms with E-state index < -0.39 is 0 Å². The Kier molecular flexibility index (Phi) is 2.73. The van der Waals surface area contributed by atoms with Crippen molar-refractivity contribution in [3.63, 3.8) is 0 Å². The second-order valence-electron chi connectivity index (χ2n) is 3.57. The van der Waals surface area contributed by atoms with E-state index in [9.17, 15) is 4.79 Å². The predicted molar refractivity (Wildman–Crippen MR) is 72.8 cm³/mol. The van der Waals surface area contributed by atoms with Gasteiger partial charge in [0.05, 0.1) is 11.6 Å². The highest BCUT2D eigenvalue weighted by Gasteiger charge is 2.06. The molecule has 0 spiro atoms. The summed E-state index contributed by atoms with van der Waals surface area (Å²) in [5.74, 6) is 0. The lowest BCUT2D eigenvalue weighted by molar-refractivity contribution is 1.10. The van der Waals surface area contributed by atoms with E-state index in [1.165, 1.54) is 6.20 Å². The largest absolute Gasteiger partial charge is 0.331 e. The molecule has 90 valence electrons. The monoisotopic (exact) mass is 278 g/mol. The molecule has 0 fully saturated rings. The molecule has 1 aromatic carbocycles. The molecule has 0 radical (unpaired) electrons. The highest BCUT2D eigenvalue weighted by atomic mass is 35.5. The van der Waals surface area contributed by atoms with Gasteiger partial charge in [-0.2, -0.15) is 5.10 Å². The number of nitrogens with one attached hydrogen (secondary N) is 2. The van der Waals surface area contributed by atoms with Gasteiger partial charge in [-0.25, -0.2) is 4.98 Å². The van der Waals surface area contributed by atoms with E-state index in [1.807, 2.05) is 12.1 Å². The third-order valence-electron chi connectivity index (χ3n) is 2.32. The van der Waals surface area contributed by atoms with Crippen LogP contribution in [0.2, 0.25) is 5.02 Å². The summed E-state index contributed by atoms with van der Waals surface area (Å²) in [6, 6.07) is 7.21. The Hall–Kier alpha value is -1.92. The molecule has 2 N–H and O–H groups in total. The minimum Gasteiger partial charge on any atom is -0.331 e. The number of benzene rings is 1. The van der Waals surface area contributed by atoms with Crippen LogP contribution in [0.25, 0.3) is 11.0 Å². The van der Waals surface area contributed by atoms with Gasteiger partial charge in [-0.15, -0.1) is 0 Å². The number of rotatable bonds is 2. The van der Waals surface area contributed by atoms with Gasteiger partial charge >= 0.3 is 0 Å². The molecule has 0 saturated carbocycles. The van der Waals surface area contributed by atoms with E-state index in [1.54, 1.807) is 12.1 Å². The third kappa shape index (κ3) is 2.07. The average Bonchev–Trinajstić information content (AvgIpc) is 2.77. The summed E-state index contributed by atoms with van der Waals surface area (Å²) in [5, 5.41) is 11.1. The summed E-state index contributed by atoms with van der Waals surface area (Å²) in [6.07, 6.45) is 1.48. The van der Waals surface area contributed by atoms with Crippen molar-refractivity contribution in [1.29, 1.82) is 0 Å². The Morgan fingerprint density at radius 1 is 1.39 bits per heavy atom. The smallest absolute Gasteiger partial charge is 0.248 e. The molecule has 2 aromatic heterocycles. The van der Waals surface area contributed by atoms with E-state index in [2.05, 4.69) is 20.5 Å². The molecule has 3 aromatic rings. The van der Waals surface area contributed by atoms with Crippen LogP contribution in [0.1, 0.15) is 0 Å². The summed E-state index contributed by atoms with van der Waals surface area (Å²) in [7, 11) is 0. The number of aromatic amines is 1. The first kappa shape index (κ1) is 11.2. The fraction of sp³-hybridized carbons (Fsp3) is 0. The van der Waals surface area contributed by atoms with Gasteiger partial charge in [0, 0.05) is 10.7 Å². The Morgan fingerprint density at radius 3 is 3.11 bits per heavy atom. The van der Waals surface area contributed by atoms with Crippen molar-refractivity contribution in [3.8, 4) is 0 Å². The summed E-state index contributed by atoms with van der Waals surface area (Å²) < 4.78 is -0.0849. The molecule has 2 heterocycles. The molecule has 0 saturated heterocycles. The number of halogens is 1. The lowest BCUT2D eigenvalue weighted by atomic mass is 10.3. The molecular formula is C11H7ClN4OS. The van der Waals surface area contributed by atoms with Crippen LogP contribution in [0.15, 0.2) is 35.3 Å². The van der Waals surface area contributed by atoms with Gasteiger partial charge in [-0.3, -0.25) is 9.89 Å². The topological polar surface area (TPSA) is 70.7 Å². The number of H-pyrrole nitrogens is 1. The second kappa shape index (κ2) is 4.40. The van der Waals surface area contributed by atoms with Crippen LogP contribution in [-0.4, -0.2) is 15.2 Å². The number of nitrogens with zero attached hydrogens (tertiary/aromatic N) is 2. The SMILES string of the molecule is O=c1sc(Nc2cccc(Cl)c2)nc2[nH]ncc12. The maximum atomic E-state index is 11.8. The summed E-state index contributed by atoms with van der Waals surface area (Å²) >= 11 is 6.92. The Balaban J connectivity index is 2.02. The Labute approximate surface area is 110 Å². The molecular weight excluding hydrogens is 272 g/mol. The molecule has 0 aliphatic carbocycles. The lowest BCUT2D eigenvalue weighted by Crippen LogP contribution is -2.00. The quantitative estimate of drug-likeness (QED) is 0.756. The zero-order chi connectivity index (χ0) is 12.5. The predicted octanol–water partition coefficient (Wildman–Crippen LogP) is 2.78. The Morgan fingerprint density at radius 2 is 2.28 bits per heavy atom. The van der Waals surface area contributed by atoms with Crippen molar-refractivity contribution in [2.75, 3.05) is 5.32 Å². The minimum atomic E-state index is -0.0849. The van der Waals surface area contributed by atoms with E-state index in [4.69, 9.17) is 11.6 Å². The molecule has 7 heteroatoms. The molecule has 0 aliphatic heterocycles. The number of anilines is 2. The molecule has 0 atom stereocenters. The molecule has 0 unspecified atom stereocenters. The summed E-state index contributed by atoms with van der Waals surface area (Å²) in [5.41, 5.74) is 1.26. The van der Waals surface area contributed by atoms with Crippen molar-refractivity contribution >= 4 is 44.8 Å². The van der Waals surface area contributed by atoms with Gasteiger partial charge in [0.25, 0.3) is 0 Å². The molecule has 18 heavy (non-hydrogen) atoms. The number of hydrogen-bond acceptors (Lipinski definition) is 5. The van der Waals surface area contributed by atoms with E-state index >= 15 is 0 Å². The molecule has 0 bridgehead atoms. The maximum absolute atomic E-state index is 11.8. The second-order valence-corrected chi connectivity index (χ2v) is 4.97. The maximum Gasteiger partial charge on any atom is 0.248 e. The third-order valence-corrected chi connectivity index (χ3v) is 3.34. The van der Waals surface area contributed by atoms with Crippen molar-refractivity contribution < 1.29 is 0 Å². The van der Waals surface area contributed by atoms with Crippen molar-refractivity contribution in [1.82, 2.24) is 15.2 Å². The normalized spacial score (nSPS) is 10.7. The summed E-state index contributed by atoms with van der Waals surface area (Å²) in [6.45, 7) is 0. The number of fused-ring (bicyclic) bond motifs is 1.